The van der Waals surface area contributed by atoms with E-state index < -0.39 is 41.8 Å². The highest BCUT2D eigenvalue weighted by molar-refractivity contribution is 5.92. The van der Waals surface area contributed by atoms with E-state index in [0.29, 0.717) is 6.42 Å². The predicted molar refractivity (Wildman–Crippen MR) is 98.7 cm³/mol. The third-order valence-corrected chi connectivity index (χ3v) is 3.90. The number of carbonyl (C=O) groups excluding carboxylic acids is 4. The minimum Gasteiger partial charge on any atom is -0.508 e. The van der Waals surface area contributed by atoms with Gasteiger partial charge in [0.2, 0.25) is 11.8 Å². The van der Waals surface area contributed by atoms with Gasteiger partial charge in [0.05, 0.1) is 13.7 Å². The van der Waals surface area contributed by atoms with Crippen LogP contribution in [-0.4, -0.2) is 60.6 Å². The monoisotopic (exact) mass is 395 g/mol. The van der Waals surface area contributed by atoms with Crippen molar-refractivity contribution < 1.29 is 34.8 Å². The zero-order valence-corrected chi connectivity index (χ0v) is 16.2. The van der Waals surface area contributed by atoms with Gasteiger partial charge < -0.3 is 31.5 Å². The summed E-state index contributed by atoms with van der Waals surface area (Å²) in [6.07, 6.45) is 0.342. The second kappa shape index (κ2) is 10.9. The minimum atomic E-state index is -0.873. The maximum absolute atomic E-state index is 12.2. The van der Waals surface area contributed by atoms with Crippen molar-refractivity contribution in [3.63, 3.8) is 0 Å². The molecule has 1 aromatic carbocycles. The van der Waals surface area contributed by atoms with Gasteiger partial charge in [-0.05, 0) is 31.5 Å². The summed E-state index contributed by atoms with van der Waals surface area (Å²) in [6, 6.07) is 4.06. The number of methoxy groups -OCH3 is 1. The third kappa shape index (κ3) is 7.62. The fraction of sp³-hybridized carbons (Fsp3) is 0.444. The van der Waals surface area contributed by atoms with E-state index in [-0.39, 0.29) is 12.3 Å². The molecule has 0 saturated heterocycles. The number of amides is 3. The summed E-state index contributed by atoms with van der Waals surface area (Å²) in [5.74, 6) is -2.00. The molecular formula is C18H27N4O6+. The van der Waals surface area contributed by atoms with Crippen LogP contribution in [0.3, 0.4) is 0 Å². The van der Waals surface area contributed by atoms with Crippen molar-refractivity contribution in [3.8, 4) is 5.75 Å². The molecule has 1 aromatic rings. The number of carbonyl (C=O) groups is 4. The number of rotatable bonds is 9. The van der Waals surface area contributed by atoms with Crippen LogP contribution < -0.4 is 21.7 Å². The Morgan fingerprint density at radius 2 is 1.64 bits per heavy atom. The summed E-state index contributed by atoms with van der Waals surface area (Å²) < 4.78 is 4.48. The topological polar surface area (TPSA) is 161 Å². The lowest BCUT2D eigenvalue weighted by atomic mass is 10.1. The van der Waals surface area contributed by atoms with E-state index >= 15 is 0 Å². The Labute approximate surface area is 162 Å². The van der Waals surface area contributed by atoms with Crippen LogP contribution in [0.5, 0.6) is 5.75 Å². The molecule has 10 heteroatoms. The normalized spacial score (nSPS) is 13.6. The Hall–Kier alpha value is -3.14. The number of esters is 1. The molecule has 0 bridgehead atoms. The van der Waals surface area contributed by atoms with Crippen LogP contribution in [-0.2, 0) is 30.3 Å². The number of hydrogen-bond donors (Lipinski definition) is 5. The van der Waals surface area contributed by atoms with Gasteiger partial charge in [0.15, 0.2) is 6.04 Å². The number of ether oxygens (including phenoxy) is 1. The van der Waals surface area contributed by atoms with Gasteiger partial charge in [0.1, 0.15) is 17.8 Å². The lowest BCUT2D eigenvalue weighted by Gasteiger charge is -2.16. The quantitative estimate of drug-likeness (QED) is 0.299. The molecule has 3 atom stereocenters. The Morgan fingerprint density at radius 3 is 2.21 bits per heavy atom. The molecule has 0 spiro atoms. The summed E-state index contributed by atoms with van der Waals surface area (Å²) in [6.45, 7) is 2.59. The van der Waals surface area contributed by atoms with Gasteiger partial charge in [-0.15, -0.1) is 0 Å². The number of aromatic hydroxyl groups is 1. The number of phenolic OH excluding ortho intramolecular Hbond substituents is 1. The highest BCUT2D eigenvalue weighted by atomic mass is 16.5. The summed E-state index contributed by atoms with van der Waals surface area (Å²) in [5, 5.41) is 16.6. The van der Waals surface area contributed by atoms with Gasteiger partial charge >= 0.3 is 5.97 Å². The summed E-state index contributed by atoms with van der Waals surface area (Å²) in [7, 11) is 1.20. The Bertz CT molecular complexity index is 707. The van der Waals surface area contributed by atoms with Crippen molar-refractivity contribution in [1.82, 2.24) is 16.0 Å². The zero-order valence-electron chi connectivity index (χ0n) is 16.2. The molecule has 0 saturated carbocycles. The van der Waals surface area contributed by atoms with Gasteiger partial charge in [-0.1, -0.05) is 12.1 Å². The lowest BCUT2D eigenvalue weighted by molar-refractivity contribution is -0.403. The molecule has 7 N–H and O–H groups in total. The van der Waals surface area contributed by atoms with E-state index in [1.165, 1.54) is 33.1 Å². The molecule has 0 aliphatic carbocycles. The second-order valence-electron chi connectivity index (χ2n) is 6.33. The molecule has 0 radical (unpaired) electrons. The van der Waals surface area contributed by atoms with Crippen molar-refractivity contribution in [2.24, 2.45) is 0 Å². The molecule has 0 fully saturated rings. The van der Waals surface area contributed by atoms with E-state index in [2.05, 4.69) is 26.4 Å². The van der Waals surface area contributed by atoms with Crippen LogP contribution in [0.1, 0.15) is 19.4 Å². The first-order valence-corrected chi connectivity index (χ1v) is 8.70. The average molecular weight is 395 g/mol. The highest BCUT2D eigenvalue weighted by Crippen LogP contribution is 2.10. The summed E-state index contributed by atoms with van der Waals surface area (Å²) in [5.41, 5.74) is 4.61. The predicted octanol–water partition coefficient (Wildman–Crippen LogP) is -2.16. The fourth-order valence-electron chi connectivity index (χ4n) is 2.25. The first kappa shape index (κ1) is 22.9. The molecule has 154 valence electrons. The molecular weight excluding hydrogens is 368 g/mol. The minimum absolute atomic E-state index is 0.129. The van der Waals surface area contributed by atoms with E-state index in [0.717, 1.165) is 5.56 Å². The molecule has 0 aliphatic rings. The Kier molecular flexibility index (Phi) is 8.89. The van der Waals surface area contributed by atoms with Crippen LogP contribution >= 0.6 is 0 Å². The van der Waals surface area contributed by atoms with Gasteiger partial charge in [0, 0.05) is 6.42 Å². The van der Waals surface area contributed by atoms with Crippen molar-refractivity contribution in [2.45, 2.75) is 38.4 Å². The lowest BCUT2D eigenvalue weighted by Crippen LogP contribution is -2.69. The van der Waals surface area contributed by atoms with Crippen molar-refractivity contribution >= 4 is 23.7 Å². The molecule has 0 aromatic heterocycles. The molecule has 0 aliphatic heterocycles. The van der Waals surface area contributed by atoms with Gasteiger partial charge in [0.25, 0.3) is 5.91 Å². The molecule has 0 heterocycles. The van der Waals surface area contributed by atoms with E-state index in [9.17, 15) is 24.3 Å². The Balaban J connectivity index is 2.41. The van der Waals surface area contributed by atoms with E-state index in [1.807, 2.05) is 0 Å². The first-order valence-electron chi connectivity index (χ1n) is 8.70. The number of benzene rings is 1. The molecule has 10 nitrogen and oxygen atoms in total. The van der Waals surface area contributed by atoms with Crippen LogP contribution in [0.2, 0.25) is 0 Å². The largest absolute Gasteiger partial charge is 0.508 e. The van der Waals surface area contributed by atoms with Gasteiger partial charge in [-0.25, -0.2) is 4.79 Å². The highest BCUT2D eigenvalue weighted by Gasteiger charge is 2.23. The van der Waals surface area contributed by atoms with Crippen molar-refractivity contribution in [1.29, 1.82) is 0 Å². The smallest absolute Gasteiger partial charge is 0.328 e. The number of quaternary nitrogens is 1. The molecule has 3 amide bonds. The SMILES string of the molecule is COC(=O)[C@H](C)NC(=O)CNC(=O)[C@H](C)NC(=O)[C@H]([NH3+])Cc1ccc(O)cc1. The average Bonchev–Trinajstić information content (AvgIpc) is 2.66. The molecule has 28 heavy (non-hydrogen) atoms. The molecule has 0 unspecified atom stereocenters. The zero-order chi connectivity index (χ0) is 21.3. The fourth-order valence-corrected chi connectivity index (χ4v) is 2.25. The van der Waals surface area contributed by atoms with Crippen LogP contribution in [0, 0.1) is 0 Å². The summed E-state index contributed by atoms with van der Waals surface area (Å²) in [4.78, 5) is 47.2. The Morgan fingerprint density at radius 1 is 1.04 bits per heavy atom. The first-order chi connectivity index (χ1) is 13.1. The maximum Gasteiger partial charge on any atom is 0.328 e. The maximum atomic E-state index is 12.2. The number of hydrogen-bond acceptors (Lipinski definition) is 6. The van der Waals surface area contributed by atoms with Crippen molar-refractivity contribution in [2.75, 3.05) is 13.7 Å². The van der Waals surface area contributed by atoms with E-state index in [4.69, 9.17) is 0 Å². The van der Waals surface area contributed by atoms with Gasteiger partial charge in [-0.3, -0.25) is 14.4 Å². The third-order valence-electron chi connectivity index (χ3n) is 3.90. The van der Waals surface area contributed by atoms with Crippen LogP contribution in [0.25, 0.3) is 0 Å². The van der Waals surface area contributed by atoms with Gasteiger partial charge in [-0.2, -0.15) is 0 Å². The molecule has 1 rings (SSSR count). The van der Waals surface area contributed by atoms with E-state index in [1.54, 1.807) is 12.1 Å². The van der Waals surface area contributed by atoms with Crippen LogP contribution in [0.4, 0.5) is 0 Å². The number of phenols is 1. The second-order valence-corrected chi connectivity index (χ2v) is 6.33. The van der Waals surface area contributed by atoms with Crippen LogP contribution in [0.15, 0.2) is 24.3 Å². The standard InChI is InChI=1S/C18H26N4O6/c1-10(16(25)20-9-15(24)21-11(2)18(27)28-3)22-17(26)14(19)8-12-4-6-13(23)7-5-12/h4-7,10-11,14,23H,8-9,19H2,1-3H3,(H,20,25)(H,21,24)(H,22,26)/p+1/t10-,11-,14+/m0/s1. The number of nitrogens with one attached hydrogen (secondary N) is 3. The summed E-state index contributed by atoms with van der Waals surface area (Å²) >= 11 is 0. The van der Waals surface area contributed by atoms with Crippen molar-refractivity contribution in [3.05, 3.63) is 29.8 Å².